The third-order valence-corrected chi connectivity index (χ3v) is 4.13. The number of benzene rings is 1. The van der Waals surface area contributed by atoms with Crippen molar-refractivity contribution in [1.29, 1.82) is 0 Å². The molecule has 1 rings (SSSR count). The maximum Gasteiger partial charge on any atom is 0.325 e. The molecule has 0 aliphatic heterocycles. The van der Waals surface area contributed by atoms with Crippen molar-refractivity contribution < 1.29 is 22.7 Å². The van der Waals surface area contributed by atoms with Crippen LogP contribution in [0.15, 0.2) is 18.2 Å². The van der Waals surface area contributed by atoms with Crippen molar-refractivity contribution in [1.82, 2.24) is 0 Å². The quantitative estimate of drug-likeness (QED) is 0.606. The van der Waals surface area contributed by atoms with E-state index in [1.54, 1.807) is 0 Å². The molecule has 0 aliphatic carbocycles. The summed E-state index contributed by atoms with van der Waals surface area (Å²) in [5.74, 6) is -0.405. The molecule has 8 heteroatoms. The van der Waals surface area contributed by atoms with E-state index in [0.29, 0.717) is 5.75 Å². The minimum Gasteiger partial charge on any atom is -0.495 e. The summed E-state index contributed by atoms with van der Waals surface area (Å²) in [6, 6.07) is 4.41. The van der Waals surface area contributed by atoms with Crippen LogP contribution in [-0.4, -0.2) is 33.9 Å². The van der Waals surface area contributed by atoms with Crippen LogP contribution in [-0.2, 0) is 19.6 Å². The van der Waals surface area contributed by atoms with Gasteiger partial charge in [-0.05, 0) is 25.1 Å². The molecule has 106 valence electrons. The van der Waals surface area contributed by atoms with Crippen molar-refractivity contribution in [3.8, 4) is 5.75 Å². The number of methoxy groups -OCH3 is 2. The first-order chi connectivity index (χ1) is 8.81. The van der Waals surface area contributed by atoms with Gasteiger partial charge in [-0.15, -0.1) is 0 Å². The van der Waals surface area contributed by atoms with E-state index < -0.39 is 21.2 Å². The topological polar surface area (TPSA) is 108 Å². The summed E-state index contributed by atoms with van der Waals surface area (Å²) in [5, 5.41) is -1.32. The van der Waals surface area contributed by atoms with E-state index in [4.69, 9.17) is 10.5 Å². The molecule has 1 atom stereocenters. The van der Waals surface area contributed by atoms with Gasteiger partial charge in [0.1, 0.15) is 5.75 Å². The van der Waals surface area contributed by atoms with Crippen LogP contribution in [0.3, 0.4) is 0 Å². The summed E-state index contributed by atoms with van der Waals surface area (Å²) in [4.78, 5) is 11.2. The van der Waals surface area contributed by atoms with E-state index in [9.17, 15) is 13.2 Å². The molecule has 0 heterocycles. The van der Waals surface area contributed by atoms with Gasteiger partial charge in [0.15, 0.2) is 5.25 Å². The van der Waals surface area contributed by atoms with Gasteiger partial charge in [-0.1, -0.05) is 0 Å². The summed E-state index contributed by atoms with van der Waals surface area (Å²) in [5.41, 5.74) is 6.19. The molecule has 0 radical (unpaired) electrons. The standard InChI is InChI=1S/C11H16N2O5S/c1-7(11(14)18-3)19(15,16)13-8-4-5-10(17-2)9(12)6-8/h4-7,13H,12H2,1-3H3. The molecule has 7 nitrogen and oxygen atoms in total. The van der Waals surface area contributed by atoms with Gasteiger partial charge >= 0.3 is 5.97 Å². The van der Waals surface area contributed by atoms with Crippen molar-refractivity contribution in [2.24, 2.45) is 0 Å². The van der Waals surface area contributed by atoms with Gasteiger partial charge in [-0.2, -0.15) is 0 Å². The predicted octanol–water partition coefficient (Wildman–Crippen LogP) is 0.581. The highest BCUT2D eigenvalue weighted by atomic mass is 32.2. The van der Waals surface area contributed by atoms with Crippen molar-refractivity contribution in [2.75, 3.05) is 24.7 Å². The second-order valence-electron chi connectivity index (χ2n) is 3.77. The van der Waals surface area contributed by atoms with E-state index in [0.717, 1.165) is 7.11 Å². The number of nitrogens with one attached hydrogen (secondary N) is 1. The highest BCUT2D eigenvalue weighted by Crippen LogP contribution is 2.25. The van der Waals surface area contributed by atoms with Gasteiger partial charge < -0.3 is 15.2 Å². The Kier molecular flexibility index (Phi) is 4.60. The maximum absolute atomic E-state index is 11.9. The first-order valence-corrected chi connectivity index (χ1v) is 6.89. The number of nitrogen functional groups attached to an aromatic ring is 1. The van der Waals surface area contributed by atoms with Gasteiger partial charge in [-0.25, -0.2) is 8.42 Å². The zero-order valence-electron chi connectivity index (χ0n) is 10.8. The van der Waals surface area contributed by atoms with Crippen molar-refractivity contribution in [3.05, 3.63) is 18.2 Å². The molecule has 0 spiro atoms. The Balaban J connectivity index is 2.96. The number of rotatable bonds is 5. The van der Waals surface area contributed by atoms with E-state index in [1.807, 2.05) is 0 Å². The molecule has 0 aromatic heterocycles. The lowest BCUT2D eigenvalue weighted by Gasteiger charge is -2.14. The number of carbonyl (C=O) groups excluding carboxylic acids is 1. The smallest absolute Gasteiger partial charge is 0.325 e. The summed E-state index contributed by atoms with van der Waals surface area (Å²) >= 11 is 0. The first kappa shape index (κ1) is 15.1. The van der Waals surface area contributed by atoms with Gasteiger partial charge in [0.2, 0.25) is 10.0 Å². The average Bonchev–Trinajstić information content (AvgIpc) is 2.36. The largest absolute Gasteiger partial charge is 0.495 e. The van der Waals surface area contributed by atoms with Crippen molar-refractivity contribution in [3.63, 3.8) is 0 Å². The number of esters is 1. The third kappa shape index (κ3) is 3.50. The molecule has 3 N–H and O–H groups in total. The molecule has 0 aliphatic rings. The lowest BCUT2D eigenvalue weighted by Crippen LogP contribution is -2.33. The van der Waals surface area contributed by atoms with Crippen LogP contribution in [0, 0.1) is 0 Å². The number of nitrogens with two attached hydrogens (primary N) is 1. The summed E-state index contributed by atoms with van der Waals surface area (Å²) in [7, 11) is -1.30. The number of hydrogen-bond donors (Lipinski definition) is 2. The Bertz CT molecular complexity index is 570. The fourth-order valence-corrected chi connectivity index (χ4v) is 2.32. The van der Waals surface area contributed by atoms with Crippen LogP contribution in [0.1, 0.15) is 6.92 Å². The molecular formula is C11H16N2O5S. The van der Waals surface area contributed by atoms with Gasteiger partial charge in [-0.3, -0.25) is 9.52 Å². The predicted molar refractivity (Wildman–Crippen MR) is 71.4 cm³/mol. The fourth-order valence-electron chi connectivity index (χ4n) is 1.34. The molecule has 0 amide bonds. The van der Waals surface area contributed by atoms with Crippen LogP contribution < -0.4 is 15.2 Å². The van der Waals surface area contributed by atoms with E-state index in [2.05, 4.69) is 9.46 Å². The lowest BCUT2D eigenvalue weighted by atomic mass is 10.2. The molecule has 19 heavy (non-hydrogen) atoms. The Morgan fingerprint density at radius 2 is 2.00 bits per heavy atom. The van der Waals surface area contributed by atoms with Gasteiger partial charge in [0, 0.05) is 0 Å². The van der Waals surface area contributed by atoms with Crippen LogP contribution in [0.25, 0.3) is 0 Å². The Labute approximate surface area is 111 Å². The number of sulfonamides is 1. The molecule has 1 aromatic rings. The summed E-state index contributed by atoms with van der Waals surface area (Å²) < 4.78 is 35.4. The third-order valence-electron chi connectivity index (χ3n) is 2.49. The summed E-state index contributed by atoms with van der Waals surface area (Å²) in [6.07, 6.45) is 0. The van der Waals surface area contributed by atoms with Gasteiger partial charge in [0.25, 0.3) is 0 Å². The van der Waals surface area contributed by atoms with Crippen LogP contribution in [0.4, 0.5) is 11.4 Å². The fraction of sp³-hybridized carbons (Fsp3) is 0.364. The maximum atomic E-state index is 11.9. The highest BCUT2D eigenvalue weighted by Gasteiger charge is 2.28. The second-order valence-corrected chi connectivity index (χ2v) is 5.77. The van der Waals surface area contributed by atoms with Gasteiger partial charge in [0.05, 0.1) is 25.6 Å². The van der Waals surface area contributed by atoms with Crippen LogP contribution in [0.2, 0.25) is 0 Å². The molecule has 0 saturated heterocycles. The monoisotopic (exact) mass is 288 g/mol. The number of anilines is 2. The zero-order chi connectivity index (χ0) is 14.6. The minimum absolute atomic E-state index is 0.244. The molecule has 0 bridgehead atoms. The Hall–Kier alpha value is -1.96. The van der Waals surface area contributed by atoms with E-state index in [-0.39, 0.29) is 11.4 Å². The van der Waals surface area contributed by atoms with E-state index in [1.165, 1.54) is 32.2 Å². The van der Waals surface area contributed by atoms with Crippen molar-refractivity contribution in [2.45, 2.75) is 12.2 Å². The normalized spacial score (nSPS) is 12.6. The SMILES string of the molecule is COC(=O)C(C)S(=O)(=O)Nc1ccc(OC)c(N)c1. The molecule has 0 saturated carbocycles. The number of ether oxygens (including phenoxy) is 2. The first-order valence-electron chi connectivity index (χ1n) is 5.34. The second kappa shape index (κ2) is 5.79. The number of carbonyl (C=O) groups is 1. The molecule has 0 fully saturated rings. The highest BCUT2D eigenvalue weighted by molar-refractivity contribution is 7.94. The number of hydrogen-bond acceptors (Lipinski definition) is 6. The zero-order valence-corrected chi connectivity index (χ0v) is 11.7. The van der Waals surface area contributed by atoms with Crippen LogP contribution >= 0.6 is 0 Å². The molecule has 1 unspecified atom stereocenters. The average molecular weight is 288 g/mol. The van der Waals surface area contributed by atoms with E-state index >= 15 is 0 Å². The van der Waals surface area contributed by atoms with Crippen LogP contribution in [0.5, 0.6) is 5.75 Å². The molecular weight excluding hydrogens is 272 g/mol. The Morgan fingerprint density at radius 3 is 2.47 bits per heavy atom. The Morgan fingerprint density at radius 1 is 1.37 bits per heavy atom. The lowest BCUT2D eigenvalue weighted by molar-refractivity contribution is -0.139. The minimum atomic E-state index is -3.88. The molecule has 1 aromatic carbocycles. The summed E-state index contributed by atoms with van der Waals surface area (Å²) in [6.45, 7) is 1.24. The van der Waals surface area contributed by atoms with Crippen molar-refractivity contribution >= 4 is 27.4 Å².